The van der Waals surface area contributed by atoms with E-state index in [0.29, 0.717) is 33.6 Å². The summed E-state index contributed by atoms with van der Waals surface area (Å²) in [5, 5.41) is 10.9. The van der Waals surface area contributed by atoms with Crippen molar-refractivity contribution in [3.8, 4) is 34.1 Å². The Bertz CT molecular complexity index is 1810. The summed E-state index contributed by atoms with van der Waals surface area (Å²) in [6.07, 6.45) is 0.0595. The highest BCUT2D eigenvalue weighted by Crippen LogP contribution is 2.54. The minimum atomic E-state index is -4.18. The van der Waals surface area contributed by atoms with Gasteiger partial charge in [0.2, 0.25) is 10.0 Å². The summed E-state index contributed by atoms with van der Waals surface area (Å²) in [7, 11) is -4.18. The van der Waals surface area contributed by atoms with Gasteiger partial charge in [0.25, 0.3) is 0 Å². The van der Waals surface area contributed by atoms with E-state index >= 15 is 0 Å². The lowest BCUT2D eigenvalue weighted by molar-refractivity contribution is -0.140. The molecule has 1 saturated carbocycles. The standard InChI is InChI=1S/C34H26ClNO6S/c35-26-15-11-23(12-16-26)24-13-17-31(18-14-24)43(39,40)36-34(33(37)38)22-32(34)25-19-29(41-27-7-3-1-4-8-27)21-30(20-25)42-28-9-5-2-6-10-28/h1-21,32,36H,22H2,(H,37,38)/t32-,34?/m0/s1. The van der Waals surface area contributed by atoms with Crippen LogP contribution in [0.1, 0.15) is 17.9 Å². The van der Waals surface area contributed by atoms with Crippen molar-refractivity contribution in [2.24, 2.45) is 0 Å². The number of carboxylic acids is 1. The Balaban J connectivity index is 1.28. The summed E-state index contributed by atoms with van der Waals surface area (Å²) in [5.74, 6) is 0.119. The van der Waals surface area contributed by atoms with Crippen molar-refractivity contribution >= 4 is 27.6 Å². The van der Waals surface area contributed by atoms with Crippen LogP contribution in [0.3, 0.4) is 0 Å². The maximum absolute atomic E-state index is 13.4. The predicted molar refractivity (Wildman–Crippen MR) is 164 cm³/mol. The number of benzene rings is 5. The molecule has 0 spiro atoms. The third-order valence-corrected chi connectivity index (χ3v) is 9.04. The van der Waals surface area contributed by atoms with Crippen LogP contribution in [0.25, 0.3) is 11.1 Å². The van der Waals surface area contributed by atoms with E-state index in [2.05, 4.69) is 4.72 Å². The molecular formula is C34H26ClNO6S. The van der Waals surface area contributed by atoms with Crippen LogP contribution < -0.4 is 14.2 Å². The fourth-order valence-corrected chi connectivity index (χ4v) is 6.52. The summed E-state index contributed by atoms with van der Waals surface area (Å²) in [5.41, 5.74) is 0.511. The van der Waals surface area contributed by atoms with Gasteiger partial charge in [-0.25, -0.2) is 8.42 Å². The highest BCUT2D eigenvalue weighted by Gasteiger charge is 2.63. The van der Waals surface area contributed by atoms with E-state index in [-0.39, 0.29) is 11.3 Å². The molecule has 0 radical (unpaired) electrons. The number of para-hydroxylation sites is 2. The second kappa shape index (κ2) is 11.6. The fraction of sp³-hybridized carbons (Fsp3) is 0.0882. The van der Waals surface area contributed by atoms with E-state index in [4.69, 9.17) is 21.1 Å². The Morgan fingerprint density at radius 3 is 1.70 bits per heavy atom. The van der Waals surface area contributed by atoms with E-state index in [9.17, 15) is 18.3 Å². The van der Waals surface area contributed by atoms with Gasteiger partial charge in [0.05, 0.1) is 4.90 Å². The predicted octanol–water partition coefficient (Wildman–Crippen LogP) is 7.88. The quantitative estimate of drug-likeness (QED) is 0.167. The van der Waals surface area contributed by atoms with Crippen LogP contribution in [-0.2, 0) is 14.8 Å². The molecular weight excluding hydrogens is 586 g/mol. The SMILES string of the molecule is O=C(O)C1(NS(=O)(=O)c2ccc(-c3ccc(Cl)cc3)cc2)C[C@H]1c1cc(Oc2ccccc2)cc(Oc2ccccc2)c1. The summed E-state index contributed by atoms with van der Waals surface area (Å²) >= 11 is 5.97. The third kappa shape index (κ3) is 6.27. The molecule has 2 N–H and O–H groups in total. The Kier molecular flexibility index (Phi) is 7.66. The number of hydrogen-bond donors (Lipinski definition) is 2. The van der Waals surface area contributed by atoms with E-state index < -0.39 is 27.4 Å². The van der Waals surface area contributed by atoms with Gasteiger partial charge in [-0.15, -0.1) is 0 Å². The third-order valence-electron chi connectivity index (χ3n) is 7.26. The number of carboxylic acid groups (broad SMARTS) is 1. The maximum Gasteiger partial charge on any atom is 0.325 e. The molecule has 1 fully saturated rings. The van der Waals surface area contributed by atoms with Crippen LogP contribution in [0.2, 0.25) is 5.02 Å². The smallest absolute Gasteiger partial charge is 0.325 e. The average Bonchev–Trinajstić information content (AvgIpc) is 3.73. The first-order chi connectivity index (χ1) is 20.7. The number of rotatable bonds is 10. The van der Waals surface area contributed by atoms with Gasteiger partial charge in [0.15, 0.2) is 0 Å². The first kappa shape index (κ1) is 28.5. The van der Waals surface area contributed by atoms with Gasteiger partial charge in [0.1, 0.15) is 28.5 Å². The molecule has 0 saturated heterocycles. The molecule has 1 unspecified atom stereocenters. The van der Waals surface area contributed by atoms with Crippen LogP contribution in [0, 0.1) is 0 Å². The normalized spacial score (nSPS) is 17.7. The number of ether oxygens (including phenoxy) is 2. The first-order valence-electron chi connectivity index (χ1n) is 13.5. The average molecular weight is 612 g/mol. The van der Waals surface area contributed by atoms with E-state index in [1.807, 2.05) is 48.5 Å². The van der Waals surface area contributed by atoms with Crippen LogP contribution in [0.15, 0.2) is 132 Å². The Morgan fingerprint density at radius 2 is 1.21 bits per heavy atom. The summed E-state index contributed by atoms with van der Waals surface area (Å²) in [4.78, 5) is 12.6. The van der Waals surface area contributed by atoms with Gasteiger partial charge >= 0.3 is 5.97 Å². The Hall–Kier alpha value is -4.63. The van der Waals surface area contributed by atoms with Crippen molar-refractivity contribution in [3.05, 3.63) is 138 Å². The van der Waals surface area contributed by atoms with Gasteiger partial charge in [0, 0.05) is 17.0 Å². The van der Waals surface area contributed by atoms with Crippen molar-refractivity contribution in [1.82, 2.24) is 4.72 Å². The number of nitrogens with one attached hydrogen (secondary N) is 1. The van der Waals surface area contributed by atoms with E-state index in [1.54, 1.807) is 66.7 Å². The van der Waals surface area contributed by atoms with E-state index in [1.165, 1.54) is 12.1 Å². The van der Waals surface area contributed by atoms with Crippen LogP contribution in [0.5, 0.6) is 23.0 Å². The number of halogens is 1. The second-order valence-corrected chi connectivity index (χ2v) is 12.4. The lowest BCUT2D eigenvalue weighted by Crippen LogP contribution is -2.44. The molecule has 6 rings (SSSR count). The van der Waals surface area contributed by atoms with Gasteiger partial charge in [-0.3, -0.25) is 4.79 Å². The highest BCUT2D eigenvalue weighted by molar-refractivity contribution is 7.89. The molecule has 5 aromatic rings. The van der Waals surface area contributed by atoms with Crippen LogP contribution >= 0.6 is 11.6 Å². The zero-order valence-corrected chi connectivity index (χ0v) is 24.3. The number of aliphatic carboxylic acids is 1. The molecule has 7 nitrogen and oxygen atoms in total. The van der Waals surface area contributed by atoms with Gasteiger partial charge < -0.3 is 14.6 Å². The Morgan fingerprint density at radius 1 is 0.721 bits per heavy atom. The largest absolute Gasteiger partial charge is 0.480 e. The lowest BCUT2D eigenvalue weighted by atomic mass is 10.1. The van der Waals surface area contributed by atoms with Crippen molar-refractivity contribution in [1.29, 1.82) is 0 Å². The number of sulfonamides is 1. The monoisotopic (exact) mass is 611 g/mol. The molecule has 5 aromatic carbocycles. The molecule has 43 heavy (non-hydrogen) atoms. The number of hydrogen-bond acceptors (Lipinski definition) is 5. The molecule has 0 amide bonds. The zero-order chi connectivity index (χ0) is 30.0. The fourth-order valence-electron chi connectivity index (χ4n) is 4.99. The molecule has 0 aromatic heterocycles. The molecule has 2 atom stereocenters. The molecule has 1 aliphatic carbocycles. The molecule has 0 heterocycles. The van der Waals surface area contributed by atoms with Gasteiger partial charge in [-0.1, -0.05) is 72.3 Å². The molecule has 0 bridgehead atoms. The topological polar surface area (TPSA) is 102 Å². The van der Waals surface area contributed by atoms with Crippen LogP contribution in [0.4, 0.5) is 0 Å². The minimum absolute atomic E-state index is 0.0363. The Labute approximate surface area is 254 Å². The van der Waals surface area contributed by atoms with Gasteiger partial charge in [-0.2, -0.15) is 4.72 Å². The van der Waals surface area contributed by atoms with Crippen molar-refractivity contribution in [2.75, 3.05) is 0 Å². The van der Waals surface area contributed by atoms with Crippen molar-refractivity contribution in [2.45, 2.75) is 22.8 Å². The van der Waals surface area contributed by atoms with Crippen molar-refractivity contribution in [3.63, 3.8) is 0 Å². The van der Waals surface area contributed by atoms with Crippen molar-refractivity contribution < 1.29 is 27.8 Å². The highest BCUT2D eigenvalue weighted by atomic mass is 35.5. The molecule has 1 aliphatic rings. The summed E-state index contributed by atoms with van der Waals surface area (Å²) in [6.45, 7) is 0. The first-order valence-corrected chi connectivity index (χ1v) is 15.3. The van der Waals surface area contributed by atoms with Crippen LogP contribution in [-0.4, -0.2) is 25.0 Å². The molecule has 9 heteroatoms. The van der Waals surface area contributed by atoms with E-state index in [0.717, 1.165) is 11.1 Å². The summed E-state index contributed by atoms with van der Waals surface area (Å²) < 4.78 is 41.5. The minimum Gasteiger partial charge on any atom is -0.480 e. The van der Waals surface area contributed by atoms with Gasteiger partial charge in [-0.05, 0) is 83.8 Å². The second-order valence-electron chi connectivity index (χ2n) is 10.2. The maximum atomic E-state index is 13.4. The lowest BCUT2D eigenvalue weighted by Gasteiger charge is -2.17. The molecule has 0 aliphatic heterocycles. The number of carbonyl (C=O) groups is 1. The molecule has 216 valence electrons. The zero-order valence-electron chi connectivity index (χ0n) is 22.7. The summed E-state index contributed by atoms with van der Waals surface area (Å²) in [6, 6.07) is 36.9.